The second kappa shape index (κ2) is 8.70. The van der Waals surface area contributed by atoms with E-state index in [1.54, 1.807) is 26.8 Å². The molecule has 26 heavy (non-hydrogen) atoms. The van der Waals surface area contributed by atoms with Crippen LogP contribution in [0.1, 0.15) is 52.9 Å². The Hall–Kier alpha value is -1.83. The molecule has 2 atom stereocenters. The molecule has 1 saturated carbocycles. The van der Waals surface area contributed by atoms with Gasteiger partial charge in [0.1, 0.15) is 11.1 Å². The minimum atomic E-state index is -3.77. The number of carbonyl (C=O) groups is 2. The highest BCUT2D eigenvalue weighted by atomic mass is 32.2. The van der Waals surface area contributed by atoms with Gasteiger partial charge in [0.25, 0.3) is 5.91 Å². The first kappa shape index (κ1) is 22.2. The lowest BCUT2D eigenvalue weighted by Crippen LogP contribution is -2.53. The van der Waals surface area contributed by atoms with Gasteiger partial charge in [-0.3, -0.25) is 9.52 Å². The number of hydrogen-bond acceptors (Lipinski definition) is 5. The van der Waals surface area contributed by atoms with Gasteiger partial charge in [0.05, 0.1) is 5.75 Å². The van der Waals surface area contributed by atoms with Crippen molar-refractivity contribution in [2.24, 2.45) is 5.92 Å². The van der Waals surface area contributed by atoms with Crippen LogP contribution < -0.4 is 10.0 Å². The number of amides is 2. The van der Waals surface area contributed by atoms with Crippen LogP contribution >= 0.6 is 0 Å². The zero-order chi connectivity index (χ0) is 20.0. The zero-order valence-electron chi connectivity index (χ0n) is 15.8. The SMILES string of the molecule is C=CCCCCCS(=O)(=O)NC(=O)[C@@]1(NC(=O)OC(C)(C)C)C[C@H]1C=C. The Morgan fingerprint density at radius 2 is 1.88 bits per heavy atom. The number of unbranched alkanes of at least 4 members (excludes halogenated alkanes) is 3. The van der Waals surface area contributed by atoms with Gasteiger partial charge in [0, 0.05) is 5.92 Å². The number of carbonyl (C=O) groups excluding carboxylic acids is 2. The van der Waals surface area contributed by atoms with Gasteiger partial charge < -0.3 is 10.1 Å². The van der Waals surface area contributed by atoms with Crippen LogP contribution in [-0.4, -0.2) is 37.3 Å². The highest BCUT2D eigenvalue weighted by molar-refractivity contribution is 7.90. The maximum atomic E-state index is 12.5. The third kappa shape index (κ3) is 6.82. The number of sulfonamides is 1. The Morgan fingerprint density at radius 3 is 2.38 bits per heavy atom. The minimum absolute atomic E-state index is 0.142. The van der Waals surface area contributed by atoms with Crippen molar-refractivity contribution >= 4 is 22.0 Å². The summed E-state index contributed by atoms with van der Waals surface area (Å²) in [4.78, 5) is 24.5. The van der Waals surface area contributed by atoms with Gasteiger partial charge in [0.2, 0.25) is 10.0 Å². The van der Waals surface area contributed by atoms with Crippen LogP contribution in [0.4, 0.5) is 4.79 Å². The number of rotatable bonds is 10. The van der Waals surface area contributed by atoms with Crippen molar-refractivity contribution in [1.29, 1.82) is 0 Å². The lowest BCUT2D eigenvalue weighted by Gasteiger charge is -2.23. The molecule has 0 aromatic heterocycles. The second-order valence-electron chi connectivity index (χ2n) is 7.53. The summed E-state index contributed by atoms with van der Waals surface area (Å²) in [6.45, 7) is 12.3. The first-order valence-corrected chi connectivity index (χ1v) is 10.4. The fourth-order valence-electron chi connectivity index (χ4n) is 2.56. The van der Waals surface area contributed by atoms with Crippen LogP contribution in [0.2, 0.25) is 0 Å². The highest BCUT2D eigenvalue weighted by Gasteiger charge is 2.61. The number of alkyl carbamates (subject to hydrolysis) is 1. The van der Waals surface area contributed by atoms with Crippen molar-refractivity contribution in [2.75, 3.05) is 5.75 Å². The van der Waals surface area contributed by atoms with Gasteiger partial charge >= 0.3 is 6.09 Å². The summed E-state index contributed by atoms with van der Waals surface area (Å²) in [7, 11) is -3.77. The van der Waals surface area contributed by atoms with E-state index >= 15 is 0 Å². The van der Waals surface area contributed by atoms with Crippen molar-refractivity contribution in [2.45, 2.75) is 64.0 Å². The molecule has 0 unspecified atom stereocenters. The van der Waals surface area contributed by atoms with Crippen LogP contribution in [0.5, 0.6) is 0 Å². The summed E-state index contributed by atoms with van der Waals surface area (Å²) >= 11 is 0. The predicted molar refractivity (Wildman–Crippen MR) is 101 cm³/mol. The second-order valence-corrected chi connectivity index (χ2v) is 9.37. The molecule has 7 nitrogen and oxygen atoms in total. The Balaban J connectivity index is 2.67. The van der Waals surface area contributed by atoms with E-state index in [0.29, 0.717) is 6.42 Å². The molecular formula is C18H30N2O5S. The maximum Gasteiger partial charge on any atom is 0.408 e. The predicted octanol–water partition coefficient (Wildman–Crippen LogP) is 2.65. The molecule has 2 amide bonds. The van der Waals surface area contributed by atoms with E-state index in [1.807, 2.05) is 0 Å². The first-order valence-electron chi connectivity index (χ1n) is 8.75. The molecule has 1 rings (SSSR count). The summed E-state index contributed by atoms with van der Waals surface area (Å²) in [6, 6.07) is 0. The molecule has 1 aliphatic rings. The summed E-state index contributed by atoms with van der Waals surface area (Å²) in [5.41, 5.74) is -2.04. The number of nitrogens with one attached hydrogen (secondary N) is 2. The van der Waals surface area contributed by atoms with E-state index in [9.17, 15) is 18.0 Å². The number of ether oxygens (including phenoxy) is 1. The lowest BCUT2D eigenvalue weighted by molar-refractivity contribution is -0.122. The molecule has 1 aliphatic carbocycles. The van der Waals surface area contributed by atoms with Crippen LogP contribution in [0.25, 0.3) is 0 Å². The molecule has 2 N–H and O–H groups in total. The van der Waals surface area contributed by atoms with Gasteiger partial charge in [-0.15, -0.1) is 13.2 Å². The fourth-order valence-corrected chi connectivity index (χ4v) is 3.71. The first-order chi connectivity index (χ1) is 12.0. The van der Waals surface area contributed by atoms with Crippen molar-refractivity contribution < 1.29 is 22.7 Å². The van der Waals surface area contributed by atoms with Crippen LogP contribution in [0, 0.1) is 5.92 Å². The van der Waals surface area contributed by atoms with Gasteiger partial charge in [-0.25, -0.2) is 13.2 Å². The molecule has 1 fully saturated rings. The zero-order valence-corrected chi connectivity index (χ0v) is 16.7. The van der Waals surface area contributed by atoms with Gasteiger partial charge in [0.15, 0.2) is 0 Å². The molecule has 0 aromatic carbocycles. The van der Waals surface area contributed by atoms with Gasteiger partial charge in [-0.05, 0) is 46.5 Å². The Kier molecular flexibility index (Phi) is 7.44. The third-order valence-electron chi connectivity index (χ3n) is 4.00. The van der Waals surface area contributed by atoms with E-state index in [1.165, 1.54) is 6.08 Å². The summed E-state index contributed by atoms with van der Waals surface area (Å²) in [5.74, 6) is -1.23. The quantitative estimate of drug-likeness (QED) is 0.444. The standard InChI is InChI=1S/C18H30N2O5S/c1-6-8-9-10-11-12-26(23,24)20-15(21)18(13-14(18)7-2)19-16(22)25-17(3,4)5/h6-7,14H,1-2,8-13H2,3-5H3,(H,19,22)(H,20,21)/t14-,18-/m1/s1. The molecule has 0 spiro atoms. The molecule has 0 aromatic rings. The molecule has 0 heterocycles. The van der Waals surface area contributed by atoms with Crippen LogP contribution in [0.3, 0.4) is 0 Å². The minimum Gasteiger partial charge on any atom is -0.444 e. The number of hydrogen-bond donors (Lipinski definition) is 2. The van der Waals surface area contributed by atoms with Gasteiger partial charge in [-0.1, -0.05) is 18.6 Å². The van der Waals surface area contributed by atoms with Crippen LogP contribution in [-0.2, 0) is 19.6 Å². The van der Waals surface area contributed by atoms with E-state index in [-0.39, 0.29) is 18.1 Å². The molecule has 8 heteroatoms. The molecule has 148 valence electrons. The van der Waals surface area contributed by atoms with Crippen molar-refractivity contribution in [3.05, 3.63) is 25.3 Å². The van der Waals surface area contributed by atoms with E-state index < -0.39 is 33.2 Å². The van der Waals surface area contributed by atoms with Crippen molar-refractivity contribution in [3.8, 4) is 0 Å². The normalized spacial score (nSPS) is 22.2. The molecular weight excluding hydrogens is 356 g/mol. The average Bonchev–Trinajstić information content (AvgIpc) is 3.19. The summed E-state index contributed by atoms with van der Waals surface area (Å²) in [6.07, 6.45) is 5.70. The van der Waals surface area contributed by atoms with Crippen LogP contribution in [0.15, 0.2) is 25.3 Å². The Bertz CT molecular complexity index is 651. The van der Waals surface area contributed by atoms with Crippen molar-refractivity contribution in [1.82, 2.24) is 10.0 Å². The van der Waals surface area contributed by atoms with E-state index in [4.69, 9.17) is 4.74 Å². The fraction of sp³-hybridized carbons (Fsp3) is 0.667. The van der Waals surface area contributed by atoms with E-state index in [2.05, 4.69) is 23.2 Å². The average molecular weight is 387 g/mol. The molecule has 0 aliphatic heterocycles. The highest BCUT2D eigenvalue weighted by Crippen LogP contribution is 2.44. The molecule has 0 saturated heterocycles. The maximum absolute atomic E-state index is 12.5. The number of allylic oxidation sites excluding steroid dienone is 1. The third-order valence-corrected chi connectivity index (χ3v) is 5.32. The molecule has 0 radical (unpaired) electrons. The van der Waals surface area contributed by atoms with Crippen molar-refractivity contribution in [3.63, 3.8) is 0 Å². The largest absolute Gasteiger partial charge is 0.444 e. The Labute approximate surface area is 156 Å². The molecule has 0 bridgehead atoms. The monoisotopic (exact) mass is 386 g/mol. The van der Waals surface area contributed by atoms with Gasteiger partial charge in [-0.2, -0.15) is 0 Å². The lowest BCUT2D eigenvalue weighted by atomic mass is 10.2. The Morgan fingerprint density at radius 1 is 1.23 bits per heavy atom. The van der Waals surface area contributed by atoms with E-state index in [0.717, 1.165) is 19.3 Å². The smallest absolute Gasteiger partial charge is 0.408 e. The summed E-state index contributed by atoms with van der Waals surface area (Å²) < 4.78 is 31.5. The topological polar surface area (TPSA) is 102 Å². The summed E-state index contributed by atoms with van der Waals surface area (Å²) in [5, 5.41) is 2.51.